The summed E-state index contributed by atoms with van der Waals surface area (Å²) in [4.78, 5) is 28.3. The van der Waals surface area contributed by atoms with Gasteiger partial charge in [-0.1, -0.05) is 43.2 Å². The van der Waals surface area contributed by atoms with Crippen LogP contribution in [0.25, 0.3) is 6.08 Å². The summed E-state index contributed by atoms with van der Waals surface area (Å²) in [5.74, 6) is -2.27. The first-order valence-electron chi connectivity index (χ1n) is 14.1. The van der Waals surface area contributed by atoms with E-state index in [9.17, 15) is 24.9 Å². The molecule has 0 bridgehead atoms. The molecule has 1 fully saturated rings. The average Bonchev–Trinajstić information content (AvgIpc) is 3.19. The van der Waals surface area contributed by atoms with E-state index in [0.717, 1.165) is 35.1 Å². The molecule has 2 aromatic rings. The Bertz CT molecular complexity index is 1270. The van der Waals surface area contributed by atoms with E-state index in [1.54, 1.807) is 31.4 Å². The van der Waals surface area contributed by atoms with Crippen molar-refractivity contribution in [3.8, 4) is 5.75 Å². The van der Waals surface area contributed by atoms with Gasteiger partial charge in [-0.15, -0.1) is 0 Å². The molecule has 1 aliphatic heterocycles. The summed E-state index contributed by atoms with van der Waals surface area (Å²) in [6, 6.07) is 12.8. The van der Waals surface area contributed by atoms with E-state index >= 15 is 0 Å². The van der Waals surface area contributed by atoms with Crippen molar-refractivity contribution >= 4 is 23.6 Å². The second-order valence-corrected chi connectivity index (χ2v) is 11.1. The van der Waals surface area contributed by atoms with Gasteiger partial charge in [0.1, 0.15) is 5.75 Å². The molecule has 0 saturated carbocycles. The summed E-state index contributed by atoms with van der Waals surface area (Å²) in [6.45, 7) is 5.76. The van der Waals surface area contributed by atoms with Gasteiger partial charge in [-0.3, -0.25) is 14.5 Å². The maximum absolute atomic E-state index is 13.6. The Morgan fingerprint density at radius 2 is 1.77 bits per heavy atom. The van der Waals surface area contributed by atoms with Gasteiger partial charge < -0.3 is 20.1 Å². The molecular formula is C33H41NO6. The highest BCUT2D eigenvalue weighted by molar-refractivity contribution is 6.22. The fourth-order valence-corrected chi connectivity index (χ4v) is 6.47. The largest absolute Gasteiger partial charge is 0.507 e. The molecule has 40 heavy (non-hydrogen) atoms. The molecular weight excluding hydrogens is 506 g/mol. The van der Waals surface area contributed by atoms with E-state index in [-0.39, 0.29) is 25.0 Å². The predicted octanol–water partition coefficient (Wildman–Crippen LogP) is 5.09. The Morgan fingerprint density at radius 3 is 2.38 bits per heavy atom. The van der Waals surface area contributed by atoms with Crippen molar-refractivity contribution in [2.75, 3.05) is 25.2 Å². The van der Waals surface area contributed by atoms with Crippen LogP contribution in [-0.4, -0.2) is 53.6 Å². The molecule has 1 aliphatic carbocycles. The first-order valence-corrected chi connectivity index (χ1v) is 14.1. The number of aliphatic hydroxyl groups excluding tert-OH is 2. The SMILES string of the molecule is CCC/C(=C\c1cc(C)c(O)c(C)c1)CC[C@@H](O)C1=C(COC)C[C@H]2C(=O)N(c3ccccc3)C(=O)[C@H]2[C@H]1CO. The summed E-state index contributed by atoms with van der Waals surface area (Å²) < 4.78 is 5.46. The normalized spacial score (nSPS) is 22.2. The zero-order chi connectivity index (χ0) is 29.0. The van der Waals surface area contributed by atoms with Crippen LogP contribution in [0.2, 0.25) is 0 Å². The van der Waals surface area contributed by atoms with Crippen molar-refractivity contribution in [1.29, 1.82) is 0 Å². The van der Waals surface area contributed by atoms with Crippen LogP contribution in [0.3, 0.4) is 0 Å². The smallest absolute Gasteiger partial charge is 0.238 e. The van der Waals surface area contributed by atoms with Crippen LogP contribution in [0.1, 0.15) is 55.7 Å². The topological polar surface area (TPSA) is 107 Å². The van der Waals surface area contributed by atoms with Gasteiger partial charge >= 0.3 is 0 Å². The number of anilines is 1. The van der Waals surface area contributed by atoms with Crippen molar-refractivity contribution in [3.63, 3.8) is 0 Å². The molecule has 2 amide bonds. The number of ether oxygens (including phenoxy) is 1. The molecule has 1 heterocycles. The number of hydrogen-bond donors (Lipinski definition) is 3. The molecule has 0 radical (unpaired) electrons. The molecule has 4 atom stereocenters. The van der Waals surface area contributed by atoms with Gasteiger partial charge in [0.15, 0.2) is 0 Å². The highest BCUT2D eigenvalue weighted by Crippen LogP contribution is 2.47. The summed E-state index contributed by atoms with van der Waals surface area (Å²) in [5, 5.41) is 32.2. The van der Waals surface area contributed by atoms with Crippen LogP contribution in [0.4, 0.5) is 5.69 Å². The Morgan fingerprint density at radius 1 is 1.10 bits per heavy atom. The lowest BCUT2D eigenvalue weighted by Crippen LogP contribution is -2.39. The van der Waals surface area contributed by atoms with Gasteiger partial charge in [0, 0.05) is 13.0 Å². The van der Waals surface area contributed by atoms with Crippen LogP contribution in [0, 0.1) is 31.6 Å². The second kappa shape index (κ2) is 12.9. The van der Waals surface area contributed by atoms with Crippen molar-refractivity contribution in [3.05, 3.63) is 75.9 Å². The number of phenolic OH excluding ortho intramolecular Hbond substituents is 1. The number of hydrogen-bond acceptors (Lipinski definition) is 6. The van der Waals surface area contributed by atoms with Gasteiger partial charge in [0.25, 0.3) is 0 Å². The van der Waals surface area contributed by atoms with Crippen molar-refractivity contribution in [2.45, 2.75) is 59.0 Å². The van der Waals surface area contributed by atoms with Gasteiger partial charge in [-0.2, -0.15) is 0 Å². The number of amides is 2. The summed E-state index contributed by atoms with van der Waals surface area (Å²) in [5.41, 5.74) is 5.77. The van der Waals surface area contributed by atoms with E-state index in [2.05, 4.69) is 13.0 Å². The first kappa shape index (κ1) is 29.7. The van der Waals surface area contributed by atoms with E-state index in [1.165, 1.54) is 10.5 Å². The zero-order valence-corrected chi connectivity index (χ0v) is 23.9. The molecule has 0 unspecified atom stereocenters. The van der Waals surface area contributed by atoms with Gasteiger partial charge in [0.05, 0.1) is 36.8 Å². The number of aliphatic hydroxyl groups is 2. The third-order valence-corrected chi connectivity index (χ3v) is 8.27. The Kier molecular flexibility index (Phi) is 9.61. The number of fused-ring (bicyclic) bond motifs is 1. The van der Waals surface area contributed by atoms with Gasteiger partial charge in [0.2, 0.25) is 11.8 Å². The number of carbonyl (C=O) groups excluding carboxylic acids is 2. The fraction of sp³-hybridized carbons (Fsp3) is 0.455. The lowest BCUT2D eigenvalue weighted by Gasteiger charge is -2.36. The van der Waals surface area contributed by atoms with Gasteiger partial charge in [-0.05, 0) is 91.6 Å². The maximum Gasteiger partial charge on any atom is 0.238 e. The third-order valence-electron chi connectivity index (χ3n) is 8.27. The van der Waals surface area contributed by atoms with Crippen LogP contribution < -0.4 is 4.90 Å². The molecule has 0 spiro atoms. The van der Waals surface area contributed by atoms with E-state index in [0.29, 0.717) is 36.3 Å². The minimum absolute atomic E-state index is 0.225. The Balaban J connectivity index is 1.61. The number of phenols is 1. The summed E-state index contributed by atoms with van der Waals surface area (Å²) >= 11 is 0. The average molecular weight is 548 g/mol. The lowest BCUT2D eigenvalue weighted by molar-refractivity contribution is -0.123. The molecule has 1 saturated heterocycles. The number of carbonyl (C=O) groups is 2. The minimum atomic E-state index is -0.888. The molecule has 214 valence electrons. The number of methoxy groups -OCH3 is 1. The monoisotopic (exact) mass is 547 g/mol. The molecule has 7 nitrogen and oxygen atoms in total. The van der Waals surface area contributed by atoms with E-state index in [1.807, 2.05) is 32.0 Å². The number of aromatic hydroxyl groups is 1. The predicted molar refractivity (Wildman–Crippen MR) is 156 cm³/mol. The number of aryl methyl sites for hydroxylation is 2. The molecule has 4 rings (SSSR count). The Labute approximate surface area is 236 Å². The minimum Gasteiger partial charge on any atom is -0.507 e. The molecule has 0 aromatic heterocycles. The van der Waals surface area contributed by atoms with Crippen molar-refractivity contribution in [1.82, 2.24) is 0 Å². The molecule has 3 N–H and O–H groups in total. The number of imide groups is 1. The molecule has 7 heteroatoms. The quantitative estimate of drug-likeness (QED) is 0.267. The molecule has 2 aromatic carbocycles. The fourth-order valence-electron chi connectivity index (χ4n) is 6.47. The van der Waals surface area contributed by atoms with Crippen LogP contribution in [0.15, 0.2) is 59.2 Å². The first-order chi connectivity index (χ1) is 19.2. The van der Waals surface area contributed by atoms with E-state index < -0.39 is 23.9 Å². The Hall–Kier alpha value is -3.26. The number of rotatable bonds is 11. The highest BCUT2D eigenvalue weighted by atomic mass is 16.5. The van der Waals surface area contributed by atoms with Crippen LogP contribution in [-0.2, 0) is 14.3 Å². The van der Waals surface area contributed by atoms with Crippen molar-refractivity contribution in [2.24, 2.45) is 17.8 Å². The number of allylic oxidation sites excluding steroid dienone is 1. The number of nitrogens with zero attached hydrogens (tertiary/aromatic N) is 1. The zero-order valence-electron chi connectivity index (χ0n) is 23.9. The van der Waals surface area contributed by atoms with E-state index in [4.69, 9.17) is 4.74 Å². The van der Waals surface area contributed by atoms with Crippen LogP contribution in [0.5, 0.6) is 5.75 Å². The summed E-state index contributed by atoms with van der Waals surface area (Å²) in [7, 11) is 1.57. The van der Waals surface area contributed by atoms with Crippen molar-refractivity contribution < 1.29 is 29.6 Å². The third kappa shape index (κ3) is 5.92. The molecule has 2 aliphatic rings. The lowest BCUT2D eigenvalue weighted by atomic mass is 9.68. The van der Waals surface area contributed by atoms with Gasteiger partial charge in [-0.25, -0.2) is 0 Å². The van der Waals surface area contributed by atoms with Crippen LogP contribution >= 0.6 is 0 Å². The standard InChI is InChI=1S/C33H41NO6/c1-5-9-22(16-23-14-20(2)31(37)21(3)15-23)12-13-28(36)29-24(19-40-4)17-26-30(27(29)18-35)33(39)34(32(26)38)25-10-7-6-8-11-25/h6-8,10-11,14-16,26-28,30,35-37H,5,9,12-13,17-19H2,1-4H3/b22-16+/t26-,27+,28-,30-/m1/s1. The number of benzene rings is 2. The maximum atomic E-state index is 13.6. The number of para-hydroxylation sites is 1. The second-order valence-electron chi connectivity index (χ2n) is 11.1. The highest BCUT2D eigenvalue weighted by Gasteiger charge is 2.55. The summed E-state index contributed by atoms with van der Waals surface area (Å²) in [6.07, 6.45) is 4.42.